The number of benzene rings is 3. The molecule has 7 heteroatoms. The molecular formula is C24H21ClN4O2. The van der Waals surface area contributed by atoms with E-state index in [4.69, 9.17) is 16.3 Å². The van der Waals surface area contributed by atoms with Crippen molar-refractivity contribution < 1.29 is 9.53 Å². The maximum atomic E-state index is 12.9. The van der Waals surface area contributed by atoms with E-state index in [-0.39, 0.29) is 5.82 Å². The van der Waals surface area contributed by atoms with Crippen molar-refractivity contribution in [2.75, 3.05) is 12.4 Å². The molecule has 1 heterocycles. The summed E-state index contributed by atoms with van der Waals surface area (Å²) in [5.41, 5.74) is 4.29. The Morgan fingerprint density at radius 1 is 1.03 bits per heavy atom. The van der Waals surface area contributed by atoms with Gasteiger partial charge in [0.05, 0.1) is 12.8 Å². The number of ether oxygens (including phenoxy) is 1. The van der Waals surface area contributed by atoms with Crippen LogP contribution >= 0.6 is 11.6 Å². The lowest BCUT2D eigenvalue weighted by molar-refractivity contribution is 0.101. The van der Waals surface area contributed by atoms with Crippen LogP contribution in [0.1, 0.15) is 21.7 Å². The minimum Gasteiger partial charge on any atom is -0.497 e. The zero-order chi connectivity index (χ0) is 22.0. The molecule has 0 fully saturated rings. The summed E-state index contributed by atoms with van der Waals surface area (Å²) in [7, 11) is 1.57. The molecule has 31 heavy (non-hydrogen) atoms. The van der Waals surface area contributed by atoms with E-state index in [1.165, 1.54) is 0 Å². The van der Waals surface area contributed by atoms with E-state index in [1.807, 2.05) is 56.3 Å². The molecule has 1 aromatic heterocycles. The van der Waals surface area contributed by atoms with E-state index in [0.29, 0.717) is 22.3 Å². The van der Waals surface area contributed by atoms with Gasteiger partial charge in [-0.1, -0.05) is 53.6 Å². The van der Waals surface area contributed by atoms with E-state index < -0.39 is 5.91 Å². The van der Waals surface area contributed by atoms with Gasteiger partial charge in [-0.15, -0.1) is 5.10 Å². The van der Waals surface area contributed by atoms with Crippen LogP contribution in [0.15, 0.2) is 66.7 Å². The molecule has 4 aromatic rings. The smallest absolute Gasteiger partial charge is 0.295 e. The van der Waals surface area contributed by atoms with Gasteiger partial charge in [0.1, 0.15) is 5.75 Å². The summed E-state index contributed by atoms with van der Waals surface area (Å²) in [6, 6.07) is 20.6. The summed E-state index contributed by atoms with van der Waals surface area (Å²) < 4.78 is 6.87. The molecule has 0 spiro atoms. The van der Waals surface area contributed by atoms with Gasteiger partial charge < -0.3 is 10.1 Å². The number of nitrogens with zero attached hydrogens (tertiary/aromatic N) is 3. The second-order valence-electron chi connectivity index (χ2n) is 7.15. The van der Waals surface area contributed by atoms with E-state index in [1.54, 1.807) is 36.1 Å². The number of halogens is 1. The molecule has 3 aromatic carbocycles. The Balaban J connectivity index is 1.78. The van der Waals surface area contributed by atoms with E-state index >= 15 is 0 Å². The predicted octanol–water partition coefficient (Wildman–Crippen LogP) is 5.47. The molecule has 0 unspecified atom stereocenters. The zero-order valence-electron chi connectivity index (χ0n) is 17.4. The Bertz CT molecular complexity index is 1250. The van der Waals surface area contributed by atoms with Crippen molar-refractivity contribution in [1.82, 2.24) is 14.8 Å². The SMILES string of the molecule is COc1cccc(NC(=O)c2nc(-c3ccc(C)cc3)n(-c3cc(Cl)ccc3C)n2)c1. The summed E-state index contributed by atoms with van der Waals surface area (Å²) in [4.78, 5) is 17.5. The number of amides is 1. The number of carbonyl (C=O) groups excluding carboxylic acids is 1. The van der Waals surface area contributed by atoms with E-state index in [2.05, 4.69) is 15.4 Å². The fourth-order valence-electron chi connectivity index (χ4n) is 3.16. The number of rotatable bonds is 5. The molecule has 0 radical (unpaired) electrons. The number of hydrogen-bond acceptors (Lipinski definition) is 4. The molecule has 1 N–H and O–H groups in total. The monoisotopic (exact) mass is 432 g/mol. The van der Waals surface area contributed by atoms with Crippen LogP contribution in [0.2, 0.25) is 5.02 Å². The highest BCUT2D eigenvalue weighted by atomic mass is 35.5. The highest BCUT2D eigenvalue weighted by Gasteiger charge is 2.20. The lowest BCUT2D eigenvalue weighted by Gasteiger charge is -2.09. The van der Waals surface area contributed by atoms with Crippen molar-refractivity contribution in [3.63, 3.8) is 0 Å². The van der Waals surface area contributed by atoms with E-state index in [0.717, 1.165) is 22.4 Å². The van der Waals surface area contributed by atoms with Crippen LogP contribution in [0.3, 0.4) is 0 Å². The van der Waals surface area contributed by atoms with Gasteiger partial charge in [0.25, 0.3) is 5.91 Å². The average Bonchev–Trinajstić information content (AvgIpc) is 3.21. The van der Waals surface area contributed by atoms with Crippen LogP contribution in [0.5, 0.6) is 5.75 Å². The highest BCUT2D eigenvalue weighted by Crippen LogP contribution is 2.26. The Kier molecular flexibility index (Phi) is 5.73. The molecular weight excluding hydrogens is 412 g/mol. The molecule has 0 aliphatic rings. The fraction of sp³-hybridized carbons (Fsp3) is 0.125. The third kappa shape index (κ3) is 4.44. The second-order valence-corrected chi connectivity index (χ2v) is 7.59. The molecule has 0 saturated heterocycles. The number of hydrogen-bond donors (Lipinski definition) is 1. The van der Waals surface area contributed by atoms with Crippen molar-refractivity contribution in [3.05, 3.63) is 88.7 Å². The first-order valence-electron chi connectivity index (χ1n) is 9.70. The van der Waals surface area contributed by atoms with Crippen molar-refractivity contribution in [3.8, 4) is 22.8 Å². The first-order valence-corrected chi connectivity index (χ1v) is 10.1. The van der Waals surface area contributed by atoms with Crippen LogP contribution in [0, 0.1) is 13.8 Å². The summed E-state index contributed by atoms with van der Waals surface area (Å²) in [5, 5.41) is 7.93. The van der Waals surface area contributed by atoms with Crippen LogP contribution in [-0.4, -0.2) is 27.8 Å². The molecule has 0 bridgehead atoms. The van der Waals surface area contributed by atoms with Crippen molar-refractivity contribution >= 4 is 23.2 Å². The lowest BCUT2D eigenvalue weighted by Crippen LogP contribution is -2.14. The Morgan fingerprint density at radius 2 is 1.81 bits per heavy atom. The molecule has 6 nitrogen and oxygen atoms in total. The molecule has 0 aliphatic carbocycles. The quantitative estimate of drug-likeness (QED) is 0.454. The third-order valence-electron chi connectivity index (χ3n) is 4.85. The first-order chi connectivity index (χ1) is 14.9. The largest absolute Gasteiger partial charge is 0.497 e. The summed E-state index contributed by atoms with van der Waals surface area (Å²) in [6.07, 6.45) is 0. The number of carbonyl (C=O) groups is 1. The lowest BCUT2D eigenvalue weighted by atomic mass is 10.1. The molecule has 0 aliphatic heterocycles. The van der Waals surface area contributed by atoms with Crippen LogP contribution < -0.4 is 10.1 Å². The van der Waals surface area contributed by atoms with Crippen LogP contribution in [-0.2, 0) is 0 Å². The molecule has 0 atom stereocenters. The zero-order valence-corrected chi connectivity index (χ0v) is 18.1. The van der Waals surface area contributed by atoms with Crippen LogP contribution in [0.4, 0.5) is 5.69 Å². The Morgan fingerprint density at radius 3 is 2.55 bits per heavy atom. The Hall–Kier alpha value is -3.64. The minimum atomic E-state index is -0.417. The Labute approximate surface area is 185 Å². The number of aromatic nitrogens is 3. The average molecular weight is 433 g/mol. The highest BCUT2D eigenvalue weighted by molar-refractivity contribution is 6.30. The maximum absolute atomic E-state index is 12.9. The summed E-state index contributed by atoms with van der Waals surface area (Å²) in [6.45, 7) is 3.98. The topological polar surface area (TPSA) is 69.0 Å². The fourth-order valence-corrected chi connectivity index (χ4v) is 3.33. The van der Waals surface area contributed by atoms with Gasteiger partial charge >= 0.3 is 0 Å². The van der Waals surface area contributed by atoms with Crippen molar-refractivity contribution in [2.45, 2.75) is 13.8 Å². The maximum Gasteiger partial charge on any atom is 0.295 e. The first kappa shape index (κ1) is 20.6. The van der Waals surface area contributed by atoms with Gasteiger partial charge in [-0.05, 0) is 43.7 Å². The number of aryl methyl sites for hydroxylation is 2. The van der Waals surface area contributed by atoms with E-state index in [9.17, 15) is 4.79 Å². The van der Waals surface area contributed by atoms with Crippen LogP contribution in [0.25, 0.3) is 17.1 Å². The number of methoxy groups -OCH3 is 1. The van der Waals surface area contributed by atoms with Gasteiger partial charge in [-0.25, -0.2) is 9.67 Å². The van der Waals surface area contributed by atoms with Gasteiger partial charge in [0.2, 0.25) is 5.82 Å². The molecule has 1 amide bonds. The van der Waals surface area contributed by atoms with Gasteiger partial charge in [0, 0.05) is 22.3 Å². The van der Waals surface area contributed by atoms with Gasteiger partial charge in [-0.2, -0.15) is 0 Å². The summed E-state index contributed by atoms with van der Waals surface area (Å²) in [5.74, 6) is 0.838. The second kappa shape index (κ2) is 8.62. The van der Waals surface area contributed by atoms with Gasteiger partial charge in [-0.3, -0.25) is 4.79 Å². The normalized spacial score (nSPS) is 10.7. The molecule has 156 valence electrons. The minimum absolute atomic E-state index is 0.0535. The van der Waals surface area contributed by atoms with Crippen molar-refractivity contribution in [2.24, 2.45) is 0 Å². The third-order valence-corrected chi connectivity index (χ3v) is 5.08. The molecule has 0 saturated carbocycles. The number of anilines is 1. The number of nitrogens with one attached hydrogen (secondary N) is 1. The van der Waals surface area contributed by atoms with Gasteiger partial charge in [0.15, 0.2) is 5.82 Å². The predicted molar refractivity (Wildman–Crippen MR) is 122 cm³/mol. The summed E-state index contributed by atoms with van der Waals surface area (Å²) >= 11 is 6.24. The molecule has 4 rings (SSSR count). The van der Waals surface area contributed by atoms with Crippen molar-refractivity contribution in [1.29, 1.82) is 0 Å². The standard InChI is InChI=1S/C24H21ClN4O2/c1-15-7-10-17(11-8-15)23-27-22(24(30)26-19-5-4-6-20(14-19)31-3)28-29(23)21-13-18(25)12-9-16(21)2/h4-14H,1-3H3,(H,26,30).